The minimum Gasteiger partial charge on any atom is -0.327 e. The maximum absolute atomic E-state index is 6.23. The fourth-order valence-corrected chi connectivity index (χ4v) is 1.71. The van der Waals surface area contributed by atoms with Gasteiger partial charge < -0.3 is 5.73 Å². The van der Waals surface area contributed by atoms with Crippen molar-refractivity contribution in [3.05, 3.63) is 35.9 Å². The molecule has 2 unspecified atom stereocenters. The lowest BCUT2D eigenvalue weighted by atomic mass is 9.77. The van der Waals surface area contributed by atoms with Crippen molar-refractivity contribution in [1.29, 1.82) is 0 Å². The van der Waals surface area contributed by atoms with Crippen molar-refractivity contribution in [2.45, 2.75) is 39.7 Å². The van der Waals surface area contributed by atoms with Crippen LogP contribution in [0.25, 0.3) is 0 Å². The van der Waals surface area contributed by atoms with Crippen LogP contribution in [-0.4, -0.2) is 6.04 Å². The average Bonchev–Trinajstić information content (AvgIpc) is 2.15. The first kappa shape index (κ1) is 11.3. The van der Waals surface area contributed by atoms with Gasteiger partial charge in [-0.15, -0.1) is 0 Å². The van der Waals surface area contributed by atoms with Crippen LogP contribution >= 0.6 is 0 Å². The summed E-state index contributed by atoms with van der Waals surface area (Å²) in [7, 11) is 0. The quantitative estimate of drug-likeness (QED) is 0.763. The molecule has 0 spiro atoms. The Morgan fingerprint density at radius 3 is 2.00 bits per heavy atom. The highest BCUT2D eigenvalue weighted by atomic mass is 14.7. The monoisotopic (exact) mass is 191 g/mol. The maximum Gasteiger partial charge on any atom is 0.0154 e. The molecule has 0 aliphatic carbocycles. The molecule has 14 heavy (non-hydrogen) atoms. The van der Waals surface area contributed by atoms with Crippen molar-refractivity contribution in [2.24, 2.45) is 11.1 Å². The first-order chi connectivity index (χ1) is 6.43. The van der Waals surface area contributed by atoms with Crippen LogP contribution in [0.5, 0.6) is 0 Å². The van der Waals surface area contributed by atoms with Crippen molar-refractivity contribution in [2.75, 3.05) is 0 Å². The zero-order chi connectivity index (χ0) is 10.8. The zero-order valence-corrected chi connectivity index (χ0v) is 9.62. The second-order valence-electron chi connectivity index (χ2n) is 5.09. The standard InChI is InChI=1S/C13H21N/c1-10(12(14)13(2,3)4)11-8-6-5-7-9-11/h5-10,12H,14H2,1-4H3. The molecule has 78 valence electrons. The van der Waals surface area contributed by atoms with Gasteiger partial charge in [-0.25, -0.2) is 0 Å². The van der Waals surface area contributed by atoms with E-state index in [2.05, 4.69) is 52.0 Å². The van der Waals surface area contributed by atoms with Gasteiger partial charge in [0.15, 0.2) is 0 Å². The molecular formula is C13H21N. The lowest BCUT2D eigenvalue weighted by molar-refractivity contribution is 0.288. The first-order valence-corrected chi connectivity index (χ1v) is 5.23. The van der Waals surface area contributed by atoms with Crippen molar-refractivity contribution in [3.63, 3.8) is 0 Å². The fourth-order valence-electron chi connectivity index (χ4n) is 1.71. The van der Waals surface area contributed by atoms with E-state index >= 15 is 0 Å². The molecule has 0 saturated heterocycles. The molecule has 0 bridgehead atoms. The van der Waals surface area contributed by atoms with Crippen molar-refractivity contribution in [1.82, 2.24) is 0 Å². The summed E-state index contributed by atoms with van der Waals surface area (Å²) < 4.78 is 0. The van der Waals surface area contributed by atoms with Crippen molar-refractivity contribution >= 4 is 0 Å². The molecule has 0 heterocycles. The van der Waals surface area contributed by atoms with Gasteiger partial charge in [0.05, 0.1) is 0 Å². The molecule has 0 saturated carbocycles. The Morgan fingerprint density at radius 2 is 1.57 bits per heavy atom. The van der Waals surface area contributed by atoms with Crippen LogP contribution in [0.2, 0.25) is 0 Å². The van der Waals surface area contributed by atoms with E-state index in [-0.39, 0.29) is 11.5 Å². The Kier molecular flexibility index (Phi) is 3.33. The predicted octanol–water partition coefficient (Wildman–Crippen LogP) is 3.16. The minimum atomic E-state index is 0.162. The second-order valence-corrected chi connectivity index (χ2v) is 5.09. The molecule has 0 aromatic heterocycles. The van der Waals surface area contributed by atoms with E-state index in [9.17, 15) is 0 Å². The summed E-state index contributed by atoms with van der Waals surface area (Å²) in [6, 6.07) is 10.7. The molecular weight excluding hydrogens is 170 g/mol. The van der Waals surface area contributed by atoms with Crippen LogP contribution < -0.4 is 5.73 Å². The Bertz CT molecular complexity index is 271. The van der Waals surface area contributed by atoms with Gasteiger partial charge in [0.25, 0.3) is 0 Å². The predicted molar refractivity (Wildman–Crippen MR) is 62.3 cm³/mol. The van der Waals surface area contributed by atoms with Gasteiger partial charge in [0, 0.05) is 6.04 Å². The molecule has 2 atom stereocenters. The molecule has 0 radical (unpaired) electrons. The van der Waals surface area contributed by atoms with Crippen LogP contribution in [0.4, 0.5) is 0 Å². The molecule has 1 rings (SSSR count). The third-order valence-electron chi connectivity index (χ3n) is 2.86. The summed E-state index contributed by atoms with van der Waals surface area (Å²) in [6.45, 7) is 8.77. The topological polar surface area (TPSA) is 26.0 Å². The van der Waals surface area contributed by atoms with Gasteiger partial charge in [-0.05, 0) is 16.9 Å². The molecule has 1 aromatic rings. The highest BCUT2D eigenvalue weighted by Crippen LogP contribution is 2.29. The SMILES string of the molecule is CC(c1ccccc1)C(N)C(C)(C)C. The smallest absolute Gasteiger partial charge is 0.0154 e. The minimum absolute atomic E-state index is 0.162. The van der Waals surface area contributed by atoms with Crippen LogP contribution in [0.1, 0.15) is 39.2 Å². The van der Waals surface area contributed by atoms with E-state index < -0.39 is 0 Å². The summed E-state index contributed by atoms with van der Waals surface area (Å²) in [5.74, 6) is 0.413. The van der Waals surface area contributed by atoms with Crippen LogP contribution in [0.15, 0.2) is 30.3 Å². The summed E-state index contributed by atoms with van der Waals surface area (Å²) in [6.07, 6.45) is 0. The van der Waals surface area contributed by atoms with Crippen LogP contribution in [0.3, 0.4) is 0 Å². The van der Waals surface area contributed by atoms with Gasteiger partial charge in [0.1, 0.15) is 0 Å². The Labute approximate surface area is 87.3 Å². The average molecular weight is 191 g/mol. The normalized spacial score (nSPS) is 16.4. The molecule has 2 N–H and O–H groups in total. The van der Waals surface area contributed by atoms with E-state index in [0.717, 1.165) is 0 Å². The summed E-state index contributed by atoms with van der Waals surface area (Å²) >= 11 is 0. The highest BCUT2D eigenvalue weighted by Gasteiger charge is 2.26. The maximum atomic E-state index is 6.23. The molecule has 0 aliphatic heterocycles. The molecule has 1 aromatic carbocycles. The van der Waals surface area contributed by atoms with Gasteiger partial charge in [-0.3, -0.25) is 0 Å². The van der Waals surface area contributed by atoms with Gasteiger partial charge in [0.2, 0.25) is 0 Å². The Balaban J connectivity index is 2.81. The third-order valence-corrected chi connectivity index (χ3v) is 2.86. The fraction of sp³-hybridized carbons (Fsp3) is 0.538. The second kappa shape index (κ2) is 4.14. The largest absolute Gasteiger partial charge is 0.327 e. The summed E-state index contributed by atoms with van der Waals surface area (Å²) in [5, 5.41) is 0. The van der Waals surface area contributed by atoms with Gasteiger partial charge in [-0.1, -0.05) is 58.0 Å². The van der Waals surface area contributed by atoms with Gasteiger partial charge >= 0.3 is 0 Å². The van der Waals surface area contributed by atoms with E-state index in [1.54, 1.807) is 0 Å². The Hall–Kier alpha value is -0.820. The van der Waals surface area contributed by atoms with Crippen molar-refractivity contribution < 1.29 is 0 Å². The van der Waals surface area contributed by atoms with Crippen molar-refractivity contribution in [3.8, 4) is 0 Å². The van der Waals surface area contributed by atoms with E-state index in [0.29, 0.717) is 5.92 Å². The first-order valence-electron chi connectivity index (χ1n) is 5.23. The third kappa shape index (κ3) is 2.58. The zero-order valence-electron chi connectivity index (χ0n) is 9.62. The summed E-state index contributed by atoms with van der Waals surface area (Å²) in [5.41, 5.74) is 7.72. The number of hydrogen-bond donors (Lipinski definition) is 1. The number of rotatable bonds is 2. The van der Waals surface area contributed by atoms with E-state index in [1.807, 2.05) is 6.07 Å². The van der Waals surface area contributed by atoms with E-state index in [1.165, 1.54) is 5.56 Å². The van der Waals surface area contributed by atoms with Crippen LogP contribution in [0, 0.1) is 5.41 Å². The lowest BCUT2D eigenvalue weighted by Crippen LogP contribution is -2.39. The molecule has 0 amide bonds. The molecule has 0 aliphatic rings. The molecule has 1 nitrogen and oxygen atoms in total. The highest BCUT2D eigenvalue weighted by molar-refractivity contribution is 5.21. The summed E-state index contributed by atoms with van der Waals surface area (Å²) in [4.78, 5) is 0. The lowest BCUT2D eigenvalue weighted by Gasteiger charge is -2.32. The Morgan fingerprint density at radius 1 is 1.07 bits per heavy atom. The number of benzene rings is 1. The molecule has 0 fully saturated rings. The number of hydrogen-bond acceptors (Lipinski definition) is 1. The van der Waals surface area contributed by atoms with Crippen LogP contribution in [-0.2, 0) is 0 Å². The number of nitrogens with two attached hydrogens (primary N) is 1. The molecule has 1 heteroatoms. The van der Waals surface area contributed by atoms with Gasteiger partial charge in [-0.2, -0.15) is 0 Å². The van der Waals surface area contributed by atoms with E-state index in [4.69, 9.17) is 5.73 Å².